The Bertz CT molecular complexity index is 762. The summed E-state index contributed by atoms with van der Waals surface area (Å²) in [5, 5.41) is 4.03. The molecule has 0 saturated heterocycles. The van der Waals surface area contributed by atoms with Crippen LogP contribution in [-0.2, 0) is 11.3 Å². The molecule has 7 heteroatoms. The first kappa shape index (κ1) is 19.8. The summed E-state index contributed by atoms with van der Waals surface area (Å²) in [4.78, 5) is 18.8. The number of aromatic nitrogens is 2. The summed E-state index contributed by atoms with van der Waals surface area (Å²) < 4.78 is 15.9. The second-order valence-corrected chi connectivity index (χ2v) is 7.36. The Hall–Kier alpha value is -2.57. The van der Waals surface area contributed by atoms with Crippen molar-refractivity contribution >= 4 is 5.91 Å². The van der Waals surface area contributed by atoms with E-state index in [9.17, 15) is 4.79 Å². The summed E-state index contributed by atoms with van der Waals surface area (Å²) in [5.74, 6) is 2.08. The lowest BCUT2D eigenvalue weighted by molar-refractivity contribution is -0.142. The Morgan fingerprint density at radius 1 is 1.19 bits per heavy atom. The van der Waals surface area contributed by atoms with Crippen molar-refractivity contribution in [2.75, 3.05) is 14.2 Å². The highest BCUT2D eigenvalue weighted by Crippen LogP contribution is 2.31. The minimum Gasteiger partial charge on any atom is -0.493 e. The van der Waals surface area contributed by atoms with Crippen molar-refractivity contribution in [1.82, 2.24) is 15.0 Å². The van der Waals surface area contributed by atoms with Crippen LogP contribution in [0.5, 0.6) is 11.5 Å². The van der Waals surface area contributed by atoms with Crippen LogP contribution in [0.1, 0.15) is 40.5 Å². The van der Waals surface area contributed by atoms with Crippen LogP contribution in [-0.4, -0.2) is 41.2 Å². The number of carbonyl (C=O) groups is 1. The van der Waals surface area contributed by atoms with E-state index in [1.807, 2.05) is 40.7 Å². The monoisotopic (exact) mass is 361 g/mol. The third-order valence-electron chi connectivity index (χ3n) is 3.94. The van der Waals surface area contributed by atoms with Gasteiger partial charge in [0.1, 0.15) is 6.54 Å². The van der Waals surface area contributed by atoms with E-state index in [2.05, 4.69) is 10.1 Å². The Kier molecular flexibility index (Phi) is 5.90. The van der Waals surface area contributed by atoms with Crippen LogP contribution in [0.4, 0.5) is 0 Å². The number of carbonyl (C=O) groups excluding carboxylic acids is 1. The second-order valence-electron chi connectivity index (χ2n) is 7.36. The van der Waals surface area contributed by atoms with Crippen LogP contribution in [0.3, 0.4) is 0 Å². The molecule has 142 valence electrons. The Morgan fingerprint density at radius 2 is 1.85 bits per heavy atom. The van der Waals surface area contributed by atoms with Gasteiger partial charge >= 0.3 is 0 Å². The molecule has 0 bridgehead atoms. The Labute approximate surface area is 154 Å². The third kappa shape index (κ3) is 4.33. The zero-order valence-electron chi connectivity index (χ0n) is 16.5. The normalized spacial score (nSPS) is 11.5. The molecule has 1 aromatic heterocycles. The molecule has 1 aromatic carbocycles. The number of hydrogen-bond acceptors (Lipinski definition) is 6. The largest absolute Gasteiger partial charge is 0.493 e. The molecule has 0 aliphatic rings. The fourth-order valence-corrected chi connectivity index (χ4v) is 2.48. The van der Waals surface area contributed by atoms with E-state index in [-0.39, 0.29) is 18.5 Å². The molecule has 2 aromatic rings. The van der Waals surface area contributed by atoms with Gasteiger partial charge in [-0.15, -0.1) is 0 Å². The molecule has 0 radical (unpaired) electrons. The maximum Gasteiger partial charge on any atom is 0.246 e. The van der Waals surface area contributed by atoms with Gasteiger partial charge in [-0.2, -0.15) is 4.98 Å². The molecule has 1 amide bonds. The summed E-state index contributed by atoms with van der Waals surface area (Å²) in [6.07, 6.45) is 0. The highest BCUT2D eigenvalue weighted by molar-refractivity contribution is 5.81. The zero-order valence-corrected chi connectivity index (χ0v) is 16.5. The van der Waals surface area contributed by atoms with E-state index < -0.39 is 5.41 Å². The lowest BCUT2D eigenvalue weighted by Gasteiger charge is -2.31. The molecule has 0 aliphatic heterocycles. The minimum absolute atomic E-state index is 0.0261. The summed E-state index contributed by atoms with van der Waals surface area (Å²) >= 11 is 0. The maximum absolute atomic E-state index is 12.6. The molecule has 0 atom stereocenters. The molecule has 0 unspecified atom stereocenters. The predicted octanol–water partition coefficient (Wildman–Crippen LogP) is 3.54. The van der Waals surface area contributed by atoms with Gasteiger partial charge < -0.3 is 18.9 Å². The number of nitrogens with zero attached hydrogens (tertiary/aromatic N) is 3. The van der Waals surface area contributed by atoms with Crippen LogP contribution < -0.4 is 9.47 Å². The maximum atomic E-state index is 12.6. The third-order valence-corrected chi connectivity index (χ3v) is 3.94. The van der Waals surface area contributed by atoms with E-state index >= 15 is 0 Å². The first-order chi connectivity index (χ1) is 12.2. The van der Waals surface area contributed by atoms with Crippen molar-refractivity contribution in [2.45, 2.75) is 47.2 Å². The lowest BCUT2D eigenvalue weighted by atomic mass is 9.94. The fourth-order valence-electron chi connectivity index (χ4n) is 2.48. The van der Waals surface area contributed by atoms with Crippen molar-refractivity contribution in [2.24, 2.45) is 5.41 Å². The molecular formula is C19H27N3O4. The summed E-state index contributed by atoms with van der Waals surface area (Å²) in [6.45, 7) is 9.90. The van der Waals surface area contributed by atoms with Gasteiger partial charge in [0, 0.05) is 17.0 Å². The van der Waals surface area contributed by atoms with E-state index in [4.69, 9.17) is 14.0 Å². The second kappa shape index (κ2) is 7.76. The van der Waals surface area contributed by atoms with Gasteiger partial charge in [-0.1, -0.05) is 25.9 Å². The van der Waals surface area contributed by atoms with E-state index in [1.165, 1.54) is 0 Å². The van der Waals surface area contributed by atoms with Crippen molar-refractivity contribution in [3.63, 3.8) is 0 Å². The molecule has 0 spiro atoms. The first-order valence-electron chi connectivity index (χ1n) is 8.53. The topological polar surface area (TPSA) is 77.7 Å². The molecule has 1 heterocycles. The standard InChI is InChI=1S/C19H27N3O4/c1-12(2)22(18(23)19(3,4)5)11-16-20-17(21-26-16)13-8-9-14(24-6)15(10-13)25-7/h8-10,12H,11H2,1-7H3. The van der Waals surface area contributed by atoms with Gasteiger partial charge in [-0.25, -0.2) is 0 Å². The minimum atomic E-state index is -0.476. The molecule has 26 heavy (non-hydrogen) atoms. The molecule has 7 nitrogen and oxygen atoms in total. The van der Waals surface area contributed by atoms with Crippen molar-refractivity contribution in [3.05, 3.63) is 24.1 Å². The number of ether oxygens (including phenoxy) is 2. The van der Waals surface area contributed by atoms with Crippen LogP contribution in [0.2, 0.25) is 0 Å². The van der Waals surface area contributed by atoms with E-state index in [1.54, 1.807) is 31.3 Å². The number of hydrogen-bond donors (Lipinski definition) is 0. The molecule has 0 aliphatic carbocycles. The predicted molar refractivity (Wildman–Crippen MR) is 98.0 cm³/mol. The Morgan fingerprint density at radius 3 is 2.38 bits per heavy atom. The summed E-state index contributed by atoms with van der Waals surface area (Å²) in [7, 11) is 3.15. The average Bonchev–Trinajstić information content (AvgIpc) is 3.06. The SMILES string of the molecule is COc1ccc(-c2noc(CN(C(=O)C(C)(C)C)C(C)C)n2)cc1OC. The van der Waals surface area contributed by atoms with Gasteiger partial charge in [0.05, 0.1) is 14.2 Å². The summed E-state index contributed by atoms with van der Waals surface area (Å²) in [6, 6.07) is 5.43. The average molecular weight is 361 g/mol. The fraction of sp³-hybridized carbons (Fsp3) is 0.526. The molecule has 0 fully saturated rings. The van der Waals surface area contributed by atoms with Gasteiger partial charge in [0.25, 0.3) is 0 Å². The number of amides is 1. The smallest absolute Gasteiger partial charge is 0.246 e. The quantitative estimate of drug-likeness (QED) is 0.783. The van der Waals surface area contributed by atoms with Crippen LogP contribution in [0, 0.1) is 5.41 Å². The molecule has 0 N–H and O–H groups in total. The summed E-state index contributed by atoms with van der Waals surface area (Å²) in [5.41, 5.74) is 0.270. The zero-order chi connectivity index (χ0) is 19.5. The highest BCUT2D eigenvalue weighted by Gasteiger charge is 2.30. The highest BCUT2D eigenvalue weighted by atomic mass is 16.5. The lowest BCUT2D eigenvalue weighted by Crippen LogP contribution is -2.43. The molecular weight excluding hydrogens is 334 g/mol. The van der Waals surface area contributed by atoms with Gasteiger partial charge in [-0.3, -0.25) is 4.79 Å². The molecule has 2 rings (SSSR count). The Balaban J connectivity index is 2.25. The van der Waals surface area contributed by atoms with E-state index in [0.29, 0.717) is 23.2 Å². The molecule has 0 saturated carbocycles. The van der Waals surface area contributed by atoms with Crippen LogP contribution >= 0.6 is 0 Å². The van der Waals surface area contributed by atoms with Crippen molar-refractivity contribution in [3.8, 4) is 22.9 Å². The number of rotatable bonds is 6. The van der Waals surface area contributed by atoms with Crippen LogP contribution in [0.15, 0.2) is 22.7 Å². The van der Waals surface area contributed by atoms with Gasteiger partial charge in [0.2, 0.25) is 17.6 Å². The number of methoxy groups -OCH3 is 2. The van der Waals surface area contributed by atoms with Crippen molar-refractivity contribution in [1.29, 1.82) is 0 Å². The number of benzene rings is 1. The van der Waals surface area contributed by atoms with Crippen molar-refractivity contribution < 1.29 is 18.8 Å². The van der Waals surface area contributed by atoms with Crippen LogP contribution in [0.25, 0.3) is 11.4 Å². The van der Waals surface area contributed by atoms with Gasteiger partial charge in [-0.05, 0) is 32.0 Å². The van der Waals surface area contributed by atoms with Gasteiger partial charge in [0.15, 0.2) is 11.5 Å². The first-order valence-corrected chi connectivity index (χ1v) is 8.53. The van der Waals surface area contributed by atoms with E-state index in [0.717, 1.165) is 5.56 Å².